The van der Waals surface area contributed by atoms with Crippen LogP contribution >= 0.6 is 0 Å². The molecule has 0 aliphatic heterocycles. The Morgan fingerprint density at radius 2 is 2.38 bits per heavy atom. The monoisotopic (exact) mass is 174 g/mol. The zero-order valence-electron chi connectivity index (χ0n) is 7.10. The molecule has 3 heteroatoms. The highest BCUT2D eigenvalue weighted by Gasteiger charge is 2.00. The van der Waals surface area contributed by atoms with Crippen molar-refractivity contribution in [3.05, 3.63) is 36.0 Å². The summed E-state index contributed by atoms with van der Waals surface area (Å²) in [5.41, 5.74) is 7.19. The molecule has 1 aromatic heterocycles. The standard InChI is InChI=1S/C10H10N2O/c11-6-2-5-8-3-1-4-9-7-12-13-10(8)9/h1-5,7H,6,11H2/b5-2+. The van der Waals surface area contributed by atoms with Gasteiger partial charge >= 0.3 is 0 Å². The minimum absolute atomic E-state index is 0.532. The minimum Gasteiger partial charge on any atom is -0.356 e. The molecule has 0 saturated carbocycles. The van der Waals surface area contributed by atoms with E-state index in [1.165, 1.54) is 0 Å². The summed E-state index contributed by atoms with van der Waals surface area (Å²) in [5.74, 6) is 0. The minimum atomic E-state index is 0.532. The number of benzene rings is 1. The van der Waals surface area contributed by atoms with Crippen LogP contribution in [-0.2, 0) is 0 Å². The molecule has 0 radical (unpaired) electrons. The van der Waals surface area contributed by atoms with E-state index in [1.54, 1.807) is 6.20 Å². The Bertz CT molecular complexity index is 431. The van der Waals surface area contributed by atoms with E-state index in [4.69, 9.17) is 10.3 Å². The highest BCUT2D eigenvalue weighted by atomic mass is 16.5. The number of nitrogens with zero attached hydrogens (tertiary/aromatic N) is 1. The van der Waals surface area contributed by atoms with Crippen LogP contribution in [0.2, 0.25) is 0 Å². The van der Waals surface area contributed by atoms with Gasteiger partial charge in [-0.1, -0.05) is 29.4 Å². The van der Waals surface area contributed by atoms with Gasteiger partial charge in [0.15, 0.2) is 5.58 Å². The van der Waals surface area contributed by atoms with Crippen LogP contribution in [0.25, 0.3) is 17.0 Å². The number of nitrogens with two attached hydrogens (primary N) is 1. The smallest absolute Gasteiger partial charge is 0.174 e. The van der Waals surface area contributed by atoms with Crippen molar-refractivity contribution in [2.24, 2.45) is 5.73 Å². The molecule has 0 aliphatic carbocycles. The molecule has 1 aromatic carbocycles. The molecule has 2 aromatic rings. The van der Waals surface area contributed by atoms with Crippen LogP contribution in [0.3, 0.4) is 0 Å². The molecule has 0 amide bonds. The first-order valence-corrected chi connectivity index (χ1v) is 4.12. The van der Waals surface area contributed by atoms with Crippen LogP contribution < -0.4 is 5.73 Å². The third-order valence-electron chi connectivity index (χ3n) is 1.85. The van der Waals surface area contributed by atoms with Crippen LogP contribution in [-0.4, -0.2) is 11.7 Å². The molecule has 0 saturated heterocycles. The normalized spacial score (nSPS) is 11.5. The second kappa shape index (κ2) is 3.41. The Morgan fingerprint density at radius 1 is 1.46 bits per heavy atom. The molecule has 3 nitrogen and oxygen atoms in total. The largest absolute Gasteiger partial charge is 0.356 e. The molecule has 0 bridgehead atoms. The van der Waals surface area contributed by atoms with Crippen molar-refractivity contribution in [1.29, 1.82) is 0 Å². The van der Waals surface area contributed by atoms with Crippen LogP contribution in [0.4, 0.5) is 0 Å². The van der Waals surface area contributed by atoms with Crippen molar-refractivity contribution < 1.29 is 4.52 Å². The van der Waals surface area contributed by atoms with E-state index in [0.29, 0.717) is 6.54 Å². The third kappa shape index (κ3) is 1.46. The van der Waals surface area contributed by atoms with E-state index in [0.717, 1.165) is 16.5 Å². The van der Waals surface area contributed by atoms with Crippen molar-refractivity contribution in [2.45, 2.75) is 0 Å². The fourth-order valence-corrected chi connectivity index (χ4v) is 1.24. The second-order valence-electron chi connectivity index (χ2n) is 2.73. The quantitative estimate of drug-likeness (QED) is 0.755. The first-order valence-electron chi connectivity index (χ1n) is 4.12. The van der Waals surface area contributed by atoms with Gasteiger partial charge in [0.25, 0.3) is 0 Å². The van der Waals surface area contributed by atoms with Crippen molar-refractivity contribution in [3.63, 3.8) is 0 Å². The molecule has 0 atom stereocenters. The van der Waals surface area contributed by atoms with Gasteiger partial charge in [0.2, 0.25) is 0 Å². The molecule has 0 spiro atoms. The predicted octanol–water partition coefficient (Wildman–Crippen LogP) is 1.80. The van der Waals surface area contributed by atoms with E-state index in [9.17, 15) is 0 Å². The van der Waals surface area contributed by atoms with Gasteiger partial charge in [0.1, 0.15) is 0 Å². The average molecular weight is 174 g/mol. The second-order valence-corrected chi connectivity index (χ2v) is 2.73. The number of hydrogen-bond donors (Lipinski definition) is 1. The number of fused-ring (bicyclic) bond motifs is 1. The van der Waals surface area contributed by atoms with E-state index in [2.05, 4.69) is 5.16 Å². The fraction of sp³-hybridized carbons (Fsp3) is 0.100. The zero-order chi connectivity index (χ0) is 9.10. The van der Waals surface area contributed by atoms with Gasteiger partial charge in [-0.15, -0.1) is 0 Å². The summed E-state index contributed by atoms with van der Waals surface area (Å²) >= 11 is 0. The molecule has 66 valence electrons. The number of aromatic nitrogens is 1. The Morgan fingerprint density at radius 3 is 3.23 bits per heavy atom. The van der Waals surface area contributed by atoms with E-state index < -0.39 is 0 Å². The molecular formula is C10H10N2O. The van der Waals surface area contributed by atoms with Gasteiger partial charge in [-0.3, -0.25) is 0 Å². The first kappa shape index (κ1) is 8.01. The molecule has 0 aliphatic rings. The summed E-state index contributed by atoms with van der Waals surface area (Å²) in [4.78, 5) is 0. The highest BCUT2D eigenvalue weighted by molar-refractivity contribution is 5.84. The third-order valence-corrected chi connectivity index (χ3v) is 1.85. The lowest BCUT2D eigenvalue weighted by atomic mass is 10.1. The number of para-hydroxylation sites is 1. The lowest BCUT2D eigenvalue weighted by molar-refractivity contribution is 0.456. The van der Waals surface area contributed by atoms with Gasteiger partial charge in [-0.05, 0) is 6.07 Å². The SMILES string of the molecule is NC/C=C/c1cccc2cnoc12. The summed E-state index contributed by atoms with van der Waals surface area (Å²) in [7, 11) is 0. The van der Waals surface area contributed by atoms with E-state index in [1.807, 2.05) is 30.4 Å². The van der Waals surface area contributed by atoms with E-state index in [-0.39, 0.29) is 0 Å². The summed E-state index contributed by atoms with van der Waals surface area (Å²) < 4.78 is 5.10. The fourth-order valence-electron chi connectivity index (χ4n) is 1.24. The molecule has 13 heavy (non-hydrogen) atoms. The molecule has 2 rings (SSSR count). The van der Waals surface area contributed by atoms with Gasteiger partial charge in [-0.25, -0.2) is 0 Å². The Balaban J connectivity index is 2.54. The maximum atomic E-state index is 5.36. The molecular weight excluding hydrogens is 164 g/mol. The maximum absolute atomic E-state index is 5.36. The van der Waals surface area contributed by atoms with Crippen LogP contribution in [0.5, 0.6) is 0 Å². The predicted molar refractivity (Wildman–Crippen MR) is 52.1 cm³/mol. The lowest BCUT2D eigenvalue weighted by Gasteiger charge is -1.92. The molecule has 0 fully saturated rings. The van der Waals surface area contributed by atoms with Crippen molar-refractivity contribution >= 4 is 17.0 Å². The molecule has 0 unspecified atom stereocenters. The van der Waals surface area contributed by atoms with Gasteiger partial charge < -0.3 is 10.3 Å². The van der Waals surface area contributed by atoms with Crippen molar-refractivity contribution in [1.82, 2.24) is 5.16 Å². The van der Waals surface area contributed by atoms with Crippen LogP contribution in [0.1, 0.15) is 5.56 Å². The number of hydrogen-bond acceptors (Lipinski definition) is 3. The topological polar surface area (TPSA) is 52.0 Å². The van der Waals surface area contributed by atoms with Crippen molar-refractivity contribution in [2.75, 3.05) is 6.54 Å². The van der Waals surface area contributed by atoms with Crippen molar-refractivity contribution in [3.8, 4) is 0 Å². The first-order chi connectivity index (χ1) is 6.42. The van der Waals surface area contributed by atoms with Crippen LogP contribution in [0.15, 0.2) is 35.0 Å². The summed E-state index contributed by atoms with van der Waals surface area (Å²) in [6.07, 6.45) is 5.53. The summed E-state index contributed by atoms with van der Waals surface area (Å²) in [6.45, 7) is 0.532. The van der Waals surface area contributed by atoms with Crippen LogP contribution in [0, 0.1) is 0 Å². The molecule has 1 heterocycles. The Labute approximate surface area is 75.8 Å². The zero-order valence-corrected chi connectivity index (χ0v) is 7.10. The Kier molecular flexibility index (Phi) is 2.10. The van der Waals surface area contributed by atoms with Gasteiger partial charge in [0.05, 0.1) is 6.20 Å². The van der Waals surface area contributed by atoms with Gasteiger partial charge in [-0.2, -0.15) is 0 Å². The van der Waals surface area contributed by atoms with Gasteiger partial charge in [0, 0.05) is 17.5 Å². The maximum Gasteiger partial charge on any atom is 0.174 e. The molecule has 2 N–H and O–H groups in total. The summed E-state index contributed by atoms with van der Waals surface area (Å²) in [5, 5.41) is 4.74. The summed E-state index contributed by atoms with van der Waals surface area (Å²) in [6, 6.07) is 5.90. The van der Waals surface area contributed by atoms with E-state index >= 15 is 0 Å². The number of rotatable bonds is 2. The average Bonchev–Trinajstić information content (AvgIpc) is 2.62. The Hall–Kier alpha value is -1.61. The lowest BCUT2D eigenvalue weighted by Crippen LogP contribution is -1.91. The highest BCUT2D eigenvalue weighted by Crippen LogP contribution is 2.18.